The molecule has 2 saturated carbocycles. The van der Waals surface area contributed by atoms with E-state index >= 15 is 0 Å². The van der Waals surface area contributed by atoms with Crippen molar-refractivity contribution in [3.05, 3.63) is 46.1 Å². The molecule has 3 aliphatic carbocycles. The van der Waals surface area contributed by atoms with Gasteiger partial charge in [0.2, 0.25) is 0 Å². The molecule has 4 rings (SSSR count). The molecular formula is C27H33BrO4. The number of alkyl halides is 1. The van der Waals surface area contributed by atoms with Crippen LogP contribution < -0.4 is 9.47 Å². The van der Waals surface area contributed by atoms with Gasteiger partial charge in [-0.1, -0.05) is 45.6 Å². The SMILES string of the molecule is COc1cc(OC)c2c(c1)[C@@]13CC(=C(C)C)C[C@H]1[C@](C)(CCC=C(C)C)[C@@](Br)(C2=O)C3=O. The van der Waals surface area contributed by atoms with Gasteiger partial charge in [-0.25, -0.2) is 0 Å². The maximum atomic E-state index is 14.4. The molecule has 0 amide bonds. The van der Waals surface area contributed by atoms with Gasteiger partial charge in [0, 0.05) is 11.5 Å². The van der Waals surface area contributed by atoms with Gasteiger partial charge in [-0.3, -0.25) is 9.59 Å². The van der Waals surface area contributed by atoms with Gasteiger partial charge in [-0.2, -0.15) is 0 Å². The first kappa shape index (κ1) is 23.3. The molecule has 2 fully saturated rings. The summed E-state index contributed by atoms with van der Waals surface area (Å²) in [5.74, 6) is 0.965. The number of carbonyl (C=O) groups is 2. The largest absolute Gasteiger partial charge is 0.497 e. The maximum absolute atomic E-state index is 14.4. The average Bonchev–Trinajstić information content (AvgIpc) is 3.21. The molecule has 32 heavy (non-hydrogen) atoms. The first-order valence-electron chi connectivity index (χ1n) is 11.3. The fourth-order valence-electron chi connectivity index (χ4n) is 6.55. The van der Waals surface area contributed by atoms with Crippen molar-refractivity contribution in [1.29, 1.82) is 0 Å². The highest BCUT2D eigenvalue weighted by Crippen LogP contribution is 2.73. The molecule has 172 valence electrons. The molecule has 0 aromatic heterocycles. The van der Waals surface area contributed by atoms with E-state index in [2.05, 4.69) is 56.6 Å². The van der Waals surface area contributed by atoms with Crippen LogP contribution in [0.4, 0.5) is 0 Å². The van der Waals surface area contributed by atoms with E-state index in [-0.39, 0.29) is 17.5 Å². The Bertz CT molecular complexity index is 1080. The van der Waals surface area contributed by atoms with Crippen LogP contribution in [0.15, 0.2) is 34.9 Å². The summed E-state index contributed by atoms with van der Waals surface area (Å²) in [4.78, 5) is 28.5. The predicted molar refractivity (Wildman–Crippen MR) is 130 cm³/mol. The zero-order valence-electron chi connectivity index (χ0n) is 20.1. The molecule has 0 aliphatic heterocycles. The number of allylic oxidation sites excluding steroid dienone is 4. The minimum atomic E-state index is -1.25. The lowest BCUT2D eigenvalue weighted by Crippen LogP contribution is -2.54. The van der Waals surface area contributed by atoms with Gasteiger partial charge in [-0.05, 0) is 70.9 Å². The summed E-state index contributed by atoms with van der Waals surface area (Å²) in [6, 6.07) is 3.66. The number of halogens is 1. The number of rotatable bonds is 5. The summed E-state index contributed by atoms with van der Waals surface area (Å²) in [7, 11) is 3.17. The number of benzene rings is 1. The Morgan fingerprint density at radius 3 is 2.41 bits per heavy atom. The summed E-state index contributed by atoms with van der Waals surface area (Å²) in [6.45, 7) is 10.6. The first-order chi connectivity index (χ1) is 15.0. The summed E-state index contributed by atoms with van der Waals surface area (Å²) in [6.07, 6.45) is 5.29. The van der Waals surface area contributed by atoms with Crippen molar-refractivity contribution in [2.45, 2.75) is 70.0 Å². The Balaban J connectivity index is 2.05. The second kappa shape index (κ2) is 7.58. The lowest BCUT2D eigenvalue weighted by Gasteiger charge is -2.40. The van der Waals surface area contributed by atoms with Crippen molar-refractivity contribution < 1.29 is 19.1 Å². The van der Waals surface area contributed by atoms with Crippen LogP contribution in [-0.4, -0.2) is 30.1 Å². The third-order valence-corrected chi connectivity index (χ3v) is 9.91. The number of hydrogen-bond donors (Lipinski definition) is 0. The van der Waals surface area contributed by atoms with Crippen LogP contribution >= 0.6 is 15.9 Å². The van der Waals surface area contributed by atoms with Crippen LogP contribution in [0.2, 0.25) is 0 Å². The molecule has 4 atom stereocenters. The van der Waals surface area contributed by atoms with Crippen LogP contribution in [0.3, 0.4) is 0 Å². The smallest absolute Gasteiger partial charge is 0.191 e. The number of carbonyl (C=O) groups excluding carboxylic acids is 2. The second-order valence-corrected chi connectivity index (χ2v) is 11.5. The summed E-state index contributed by atoms with van der Waals surface area (Å²) in [5, 5.41) is 0. The molecule has 2 bridgehead atoms. The normalized spacial score (nSPS) is 32.5. The number of fused-ring (bicyclic) bond motifs is 2. The molecule has 3 aliphatic rings. The highest BCUT2D eigenvalue weighted by atomic mass is 79.9. The van der Waals surface area contributed by atoms with Gasteiger partial charge >= 0.3 is 0 Å². The van der Waals surface area contributed by atoms with Gasteiger partial charge in [-0.15, -0.1) is 0 Å². The van der Waals surface area contributed by atoms with Crippen LogP contribution in [0.25, 0.3) is 0 Å². The van der Waals surface area contributed by atoms with Gasteiger partial charge in [0.15, 0.2) is 15.9 Å². The zero-order chi connectivity index (χ0) is 23.6. The van der Waals surface area contributed by atoms with E-state index in [0.29, 0.717) is 23.5 Å². The van der Waals surface area contributed by atoms with Crippen molar-refractivity contribution >= 4 is 27.5 Å². The Kier molecular flexibility index (Phi) is 5.51. The van der Waals surface area contributed by atoms with E-state index in [1.165, 1.54) is 16.7 Å². The highest BCUT2D eigenvalue weighted by Gasteiger charge is 2.79. The molecule has 5 heteroatoms. The maximum Gasteiger partial charge on any atom is 0.191 e. The van der Waals surface area contributed by atoms with Gasteiger partial charge in [0.05, 0.1) is 25.2 Å². The standard InChI is InChI=1S/C27H33BrO4/c1-15(2)9-8-10-25(5)21-11-17(16(3)4)14-26(21)19-12-18(31-6)13-20(32-7)22(19)23(29)27(25,28)24(26)30/h9,12-13,21H,8,10-11,14H2,1-7H3/t21-,25-,26-,27+/m0/s1. The van der Waals surface area contributed by atoms with Crippen molar-refractivity contribution in [1.82, 2.24) is 0 Å². The third-order valence-electron chi connectivity index (χ3n) is 8.29. The lowest BCUT2D eigenvalue weighted by molar-refractivity contribution is -0.124. The molecule has 1 aromatic rings. The molecule has 1 aromatic carbocycles. The Labute approximate surface area is 199 Å². The van der Waals surface area contributed by atoms with E-state index in [9.17, 15) is 9.59 Å². The first-order valence-corrected chi connectivity index (χ1v) is 12.1. The molecule has 1 spiro atoms. The van der Waals surface area contributed by atoms with E-state index in [0.717, 1.165) is 24.8 Å². The van der Waals surface area contributed by atoms with E-state index in [1.54, 1.807) is 20.3 Å². The quantitative estimate of drug-likeness (QED) is 0.268. The third kappa shape index (κ3) is 2.72. The number of hydrogen-bond acceptors (Lipinski definition) is 4. The van der Waals surface area contributed by atoms with E-state index in [1.807, 2.05) is 6.07 Å². The molecule has 0 unspecified atom stereocenters. The minimum absolute atomic E-state index is 0.0127. The molecule has 0 N–H and O–H groups in total. The van der Waals surface area contributed by atoms with Crippen molar-refractivity contribution in [2.75, 3.05) is 14.2 Å². The monoisotopic (exact) mass is 500 g/mol. The van der Waals surface area contributed by atoms with Crippen LogP contribution in [0, 0.1) is 11.3 Å². The van der Waals surface area contributed by atoms with E-state index in [4.69, 9.17) is 9.47 Å². The van der Waals surface area contributed by atoms with Gasteiger partial charge < -0.3 is 9.47 Å². The fourth-order valence-corrected chi connectivity index (χ4v) is 7.58. The molecule has 4 nitrogen and oxygen atoms in total. The van der Waals surface area contributed by atoms with Crippen molar-refractivity contribution in [3.63, 3.8) is 0 Å². The van der Waals surface area contributed by atoms with E-state index < -0.39 is 15.2 Å². The fraction of sp³-hybridized carbons (Fsp3) is 0.556. The van der Waals surface area contributed by atoms with Crippen molar-refractivity contribution in [2.24, 2.45) is 11.3 Å². The molecule has 0 saturated heterocycles. The highest BCUT2D eigenvalue weighted by molar-refractivity contribution is 9.10. The second-order valence-electron chi connectivity index (χ2n) is 10.3. The number of methoxy groups -OCH3 is 2. The lowest BCUT2D eigenvalue weighted by atomic mass is 9.66. The summed E-state index contributed by atoms with van der Waals surface area (Å²) < 4.78 is 9.98. The number of ether oxygens (including phenoxy) is 2. The van der Waals surface area contributed by atoms with Gasteiger partial charge in [0.1, 0.15) is 11.5 Å². The topological polar surface area (TPSA) is 52.6 Å². The summed E-state index contributed by atoms with van der Waals surface area (Å²) >= 11 is 3.81. The number of Topliss-reactive ketones (excluding diaryl/α,β-unsaturated/α-hetero) is 2. The van der Waals surface area contributed by atoms with Crippen LogP contribution in [0.1, 0.15) is 76.2 Å². The Morgan fingerprint density at radius 1 is 1.16 bits per heavy atom. The van der Waals surface area contributed by atoms with Crippen molar-refractivity contribution in [3.8, 4) is 11.5 Å². The Morgan fingerprint density at radius 2 is 1.84 bits per heavy atom. The predicted octanol–water partition coefficient (Wildman–Crippen LogP) is 6.35. The summed E-state index contributed by atoms with van der Waals surface area (Å²) in [5.41, 5.74) is 3.89. The van der Waals surface area contributed by atoms with Gasteiger partial charge in [0.25, 0.3) is 0 Å². The average molecular weight is 501 g/mol. The Hall–Kier alpha value is -1.88. The minimum Gasteiger partial charge on any atom is -0.497 e. The number of ketones is 2. The van der Waals surface area contributed by atoms with Crippen LogP contribution in [-0.2, 0) is 10.2 Å². The zero-order valence-corrected chi connectivity index (χ0v) is 21.7. The molecular weight excluding hydrogens is 468 g/mol. The van der Waals surface area contributed by atoms with Crippen LogP contribution in [0.5, 0.6) is 11.5 Å². The molecule has 0 radical (unpaired) electrons. The molecule has 0 heterocycles.